The summed E-state index contributed by atoms with van der Waals surface area (Å²) >= 11 is 3.48. The van der Waals surface area contributed by atoms with E-state index in [2.05, 4.69) is 21.2 Å². The molecule has 0 atom stereocenters. The molecule has 15 heavy (non-hydrogen) atoms. The third-order valence-electron chi connectivity index (χ3n) is 2.12. The van der Waals surface area contributed by atoms with Gasteiger partial charge >= 0.3 is 0 Å². The number of carbonyl (C=O) groups excluding carboxylic acids is 1. The van der Waals surface area contributed by atoms with E-state index < -0.39 is 0 Å². The minimum absolute atomic E-state index is 0.0587. The van der Waals surface area contributed by atoms with Crippen molar-refractivity contribution in [2.24, 2.45) is 0 Å². The number of halogens is 1. The lowest BCUT2D eigenvalue weighted by molar-refractivity contribution is -0.126. The van der Waals surface area contributed by atoms with Crippen LogP contribution >= 0.6 is 15.9 Å². The highest BCUT2D eigenvalue weighted by molar-refractivity contribution is 9.10. The molecular formula is C11H15BrN2O. The summed E-state index contributed by atoms with van der Waals surface area (Å²) in [5.41, 5.74) is 2.10. The molecule has 0 aromatic heterocycles. The first-order valence-electron chi connectivity index (χ1n) is 4.71. The van der Waals surface area contributed by atoms with Crippen molar-refractivity contribution in [1.82, 2.24) is 4.90 Å². The molecular weight excluding hydrogens is 256 g/mol. The largest absolute Gasteiger partial charge is 0.375 e. The molecule has 82 valence electrons. The second-order valence-corrected chi connectivity index (χ2v) is 4.37. The first-order chi connectivity index (χ1) is 7.02. The van der Waals surface area contributed by atoms with Crippen LogP contribution in [-0.2, 0) is 4.79 Å². The molecule has 1 aromatic carbocycles. The van der Waals surface area contributed by atoms with Crippen LogP contribution in [0.5, 0.6) is 0 Å². The Bertz CT molecular complexity index is 364. The van der Waals surface area contributed by atoms with Crippen LogP contribution < -0.4 is 5.32 Å². The van der Waals surface area contributed by atoms with Crippen molar-refractivity contribution in [1.29, 1.82) is 0 Å². The molecule has 1 amide bonds. The van der Waals surface area contributed by atoms with Gasteiger partial charge in [0.2, 0.25) is 5.91 Å². The molecule has 0 radical (unpaired) electrons. The number of amides is 1. The van der Waals surface area contributed by atoms with Crippen LogP contribution in [0.2, 0.25) is 0 Å². The highest BCUT2D eigenvalue weighted by atomic mass is 79.9. The van der Waals surface area contributed by atoms with Crippen molar-refractivity contribution < 1.29 is 4.79 Å². The summed E-state index contributed by atoms with van der Waals surface area (Å²) in [4.78, 5) is 12.9. The summed E-state index contributed by atoms with van der Waals surface area (Å²) in [6, 6.07) is 5.92. The molecule has 1 aromatic rings. The van der Waals surface area contributed by atoms with Crippen molar-refractivity contribution in [3.8, 4) is 0 Å². The van der Waals surface area contributed by atoms with Crippen LogP contribution in [0, 0.1) is 6.92 Å². The molecule has 0 unspecified atom stereocenters. The van der Waals surface area contributed by atoms with Crippen LogP contribution in [0.3, 0.4) is 0 Å². The average molecular weight is 271 g/mol. The van der Waals surface area contributed by atoms with Gasteiger partial charge in [-0.05, 0) is 34.5 Å². The number of benzene rings is 1. The van der Waals surface area contributed by atoms with Crippen LogP contribution in [0.1, 0.15) is 5.56 Å². The van der Waals surface area contributed by atoms with Gasteiger partial charge in [-0.3, -0.25) is 4.79 Å². The fraction of sp³-hybridized carbons (Fsp3) is 0.364. The summed E-state index contributed by atoms with van der Waals surface area (Å²) in [6.07, 6.45) is 0. The maximum Gasteiger partial charge on any atom is 0.241 e. The van der Waals surface area contributed by atoms with E-state index in [0.29, 0.717) is 6.54 Å². The zero-order chi connectivity index (χ0) is 11.4. The third-order valence-corrected chi connectivity index (χ3v) is 3.17. The number of hydrogen-bond donors (Lipinski definition) is 1. The molecule has 0 spiro atoms. The number of hydrogen-bond acceptors (Lipinski definition) is 2. The standard InChI is InChI=1S/C11H15BrN2O/c1-8-5-4-6-9(11(8)12)13-7-10(15)14(2)3/h4-6,13H,7H2,1-3H3. The molecule has 0 aliphatic heterocycles. The Morgan fingerprint density at radius 2 is 2.13 bits per heavy atom. The molecule has 0 bridgehead atoms. The zero-order valence-corrected chi connectivity index (χ0v) is 10.8. The summed E-state index contributed by atoms with van der Waals surface area (Å²) in [5, 5.41) is 3.10. The number of nitrogens with one attached hydrogen (secondary N) is 1. The second-order valence-electron chi connectivity index (χ2n) is 3.58. The third kappa shape index (κ3) is 3.23. The van der Waals surface area contributed by atoms with Gasteiger partial charge in [0.1, 0.15) is 0 Å². The summed E-state index contributed by atoms with van der Waals surface area (Å²) in [7, 11) is 3.49. The highest BCUT2D eigenvalue weighted by Crippen LogP contribution is 2.25. The number of rotatable bonds is 3. The Balaban J connectivity index is 2.66. The molecule has 0 saturated heterocycles. The van der Waals surface area contributed by atoms with Gasteiger partial charge in [-0.2, -0.15) is 0 Å². The summed E-state index contributed by atoms with van der Waals surface area (Å²) < 4.78 is 1.01. The van der Waals surface area contributed by atoms with Crippen molar-refractivity contribution in [2.75, 3.05) is 26.0 Å². The molecule has 0 saturated carbocycles. The topological polar surface area (TPSA) is 32.3 Å². The normalized spacial score (nSPS) is 9.87. The van der Waals surface area contributed by atoms with Gasteiger partial charge in [0.15, 0.2) is 0 Å². The molecule has 3 nitrogen and oxygen atoms in total. The number of aryl methyl sites for hydroxylation is 1. The van der Waals surface area contributed by atoms with E-state index in [1.54, 1.807) is 19.0 Å². The Kier molecular flexibility index (Phi) is 4.15. The zero-order valence-electron chi connectivity index (χ0n) is 9.17. The maximum atomic E-state index is 11.4. The van der Waals surface area contributed by atoms with E-state index in [1.807, 2.05) is 25.1 Å². The van der Waals surface area contributed by atoms with E-state index in [-0.39, 0.29) is 5.91 Å². The minimum Gasteiger partial charge on any atom is -0.375 e. The Hall–Kier alpha value is -1.03. The Labute approximate surface area is 98.6 Å². The number of likely N-dealkylation sites (N-methyl/N-ethyl adjacent to an activating group) is 1. The van der Waals surface area contributed by atoms with Gasteiger partial charge in [0, 0.05) is 24.3 Å². The lowest BCUT2D eigenvalue weighted by atomic mass is 10.2. The van der Waals surface area contributed by atoms with Crippen molar-refractivity contribution in [2.45, 2.75) is 6.92 Å². The minimum atomic E-state index is 0.0587. The van der Waals surface area contributed by atoms with Crippen LogP contribution in [0.15, 0.2) is 22.7 Å². The van der Waals surface area contributed by atoms with Crippen LogP contribution in [0.25, 0.3) is 0 Å². The lowest BCUT2D eigenvalue weighted by Gasteiger charge is -2.13. The Morgan fingerprint density at radius 1 is 1.47 bits per heavy atom. The molecule has 1 N–H and O–H groups in total. The SMILES string of the molecule is Cc1cccc(NCC(=O)N(C)C)c1Br. The maximum absolute atomic E-state index is 11.4. The predicted octanol–water partition coefficient (Wildman–Crippen LogP) is 2.26. The van der Waals surface area contributed by atoms with Crippen molar-refractivity contribution >= 4 is 27.5 Å². The van der Waals surface area contributed by atoms with E-state index in [1.165, 1.54) is 0 Å². The van der Waals surface area contributed by atoms with Crippen LogP contribution in [-0.4, -0.2) is 31.4 Å². The smallest absolute Gasteiger partial charge is 0.241 e. The van der Waals surface area contributed by atoms with Gasteiger partial charge in [-0.15, -0.1) is 0 Å². The van der Waals surface area contributed by atoms with E-state index in [0.717, 1.165) is 15.7 Å². The summed E-state index contributed by atoms with van der Waals surface area (Å²) in [6.45, 7) is 2.33. The van der Waals surface area contributed by atoms with Crippen molar-refractivity contribution in [3.05, 3.63) is 28.2 Å². The van der Waals surface area contributed by atoms with Crippen LogP contribution in [0.4, 0.5) is 5.69 Å². The molecule has 0 fully saturated rings. The van der Waals surface area contributed by atoms with E-state index >= 15 is 0 Å². The fourth-order valence-electron chi connectivity index (χ4n) is 1.11. The van der Waals surface area contributed by atoms with Gasteiger partial charge in [0.05, 0.1) is 6.54 Å². The lowest BCUT2D eigenvalue weighted by Crippen LogP contribution is -2.28. The Morgan fingerprint density at radius 3 is 2.73 bits per heavy atom. The van der Waals surface area contributed by atoms with Gasteiger partial charge < -0.3 is 10.2 Å². The monoisotopic (exact) mass is 270 g/mol. The number of carbonyl (C=O) groups is 1. The molecule has 0 heterocycles. The number of nitrogens with zero attached hydrogens (tertiary/aromatic N) is 1. The molecule has 0 aliphatic rings. The van der Waals surface area contributed by atoms with E-state index in [4.69, 9.17) is 0 Å². The van der Waals surface area contributed by atoms with Crippen molar-refractivity contribution in [3.63, 3.8) is 0 Å². The first-order valence-corrected chi connectivity index (χ1v) is 5.51. The number of anilines is 1. The highest BCUT2D eigenvalue weighted by Gasteiger charge is 2.05. The fourth-order valence-corrected chi connectivity index (χ4v) is 1.52. The quantitative estimate of drug-likeness (QED) is 0.914. The van der Waals surface area contributed by atoms with Gasteiger partial charge in [0.25, 0.3) is 0 Å². The van der Waals surface area contributed by atoms with E-state index in [9.17, 15) is 4.79 Å². The summed E-state index contributed by atoms with van der Waals surface area (Å²) in [5.74, 6) is 0.0587. The average Bonchev–Trinajstić information content (AvgIpc) is 2.19. The van der Waals surface area contributed by atoms with Gasteiger partial charge in [-0.1, -0.05) is 12.1 Å². The molecule has 0 aliphatic carbocycles. The second kappa shape index (κ2) is 5.16. The first kappa shape index (κ1) is 12.0. The predicted molar refractivity (Wildman–Crippen MR) is 66.1 cm³/mol. The molecule has 4 heteroatoms. The molecule has 1 rings (SSSR count). The van der Waals surface area contributed by atoms with Gasteiger partial charge in [-0.25, -0.2) is 0 Å².